The predicted octanol–water partition coefficient (Wildman–Crippen LogP) is 5.25. The van der Waals surface area contributed by atoms with Gasteiger partial charge in [-0.3, -0.25) is 4.79 Å². The van der Waals surface area contributed by atoms with E-state index in [9.17, 15) is 4.79 Å². The number of rotatable bonds is 7. The maximum atomic E-state index is 13.4. The van der Waals surface area contributed by atoms with Crippen LogP contribution < -0.4 is 19.1 Å². The lowest BCUT2D eigenvalue weighted by Crippen LogP contribution is -2.36. The molecule has 2 aromatic carbocycles. The standard InChI is InChI=1S/C26H33NO4/c1-6-19-9-7-17-13-16(8-12-22(17)27(19)2)20-10-11-21(20)25(28)18-14-23(29-3)26(31-5)24(15-18)30-4/h8,12-15,19-21H,6-7,9-11H2,1-5H3. The highest BCUT2D eigenvalue weighted by molar-refractivity contribution is 6.00. The number of methoxy groups -OCH3 is 3. The summed E-state index contributed by atoms with van der Waals surface area (Å²) in [5.74, 6) is 1.95. The van der Waals surface area contributed by atoms with Gasteiger partial charge in [-0.2, -0.15) is 0 Å². The Morgan fingerprint density at radius 3 is 2.26 bits per heavy atom. The Kier molecular flexibility index (Phi) is 6.12. The number of carbonyl (C=O) groups is 1. The van der Waals surface area contributed by atoms with E-state index in [2.05, 4.69) is 37.1 Å². The molecule has 5 heteroatoms. The molecule has 3 unspecified atom stereocenters. The molecule has 2 aliphatic rings. The number of carbonyl (C=O) groups excluding carboxylic acids is 1. The van der Waals surface area contributed by atoms with Crippen LogP contribution in [0.5, 0.6) is 17.2 Å². The van der Waals surface area contributed by atoms with Crippen LogP contribution in [-0.4, -0.2) is 40.2 Å². The summed E-state index contributed by atoms with van der Waals surface area (Å²) in [5.41, 5.74) is 4.66. The maximum absolute atomic E-state index is 13.4. The molecule has 0 aromatic heterocycles. The van der Waals surface area contributed by atoms with E-state index < -0.39 is 0 Å². The number of hydrogen-bond acceptors (Lipinski definition) is 5. The predicted molar refractivity (Wildman–Crippen MR) is 123 cm³/mol. The Labute approximate surface area is 185 Å². The molecule has 0 bridgehead atoms. The highest BCUT2D eigenvalue weighted by Crippen LogP contribution is 2.47. The van der Waals surface area contributed by atoms with Crippen molar-refractivity contribution >= 4 is 11.5 Å². The van der Waals surface area contributed by atoms with Gasteiger partial charge in [0.05, 0.1) is 21.3 Å². The van der Waals surface area contributed by atoms with Gasteiger partial charge in [-0.25, -0.2) is 0 Å². The summed E-state index contributed by atoms with van der Waals surface area (Å²) in [6.45, 7) is 2.26. The third kappa shape index (κ3) is 3.75. The summed E-state index contributed by atoms with van der Waals surface area (Å²) in [4.78, 5) is 15.8. The second kappa shape index (κ2) is 8.81. The van der Waals surface area contributed by atoms with Crippen LogP contribution in [0.4, 0.5) is 5.69 Å². The van der Waals surface area contributed by atoms with Crippen LogP contribution in [0.3, 0.4) is 0 Å². The summed E-state index contributed by atoms with van der Waals surface area (Å²) in [7, 11) is 6.92. The van der Waals surface area contributed by atoms with Crippen LogP contribution in [0.15, 0.2) is 30.3 Å². The second-order valence-corrected chi connectivity index (χ2v) is 8.67. The van der Waals surface area contributed by atoms with Gasteiger partial charge in [0.1, 0.15) is 0 Å². The van der Waals surface area contributed by atoms with Crippen molar-refractivity contribution in [3.05, 3.63) is 47.0 Å². The molecule has 3 atom stereocenters. The Bertz CT molecular complexity index is 945. The molecule has 1 fully saturated rings. The van der Waals surface area contributed by atoms with Crippen molar-refractivity contribution < 1.29 is 19.0 Å². The number of hydrogen-bond donors (Lipinski definition) is 0. The van der Waals surface area contributed by atoms with Gasteiger partial charge in [-0.15, -0.1) is 0 Å². The zero-order valence-corrected chi connectivity index (χ0v) is 19.2. The molecule has 0 N–H and O–H groups in total. The molecule has 5 nitrogen and oxygen atoms in total. The van der Waals surface area contributed by atoms with Crippen molar-refractivity contribution in [1.29, 1.82) is 0 Å². The number of nitrogens with zero attached hydrogens (tertiary/aromatic N) is 1. The summed E-state index contributed by atoms with van der Waals surface area (Å²) >= 11 is 0. The Morgan fingerprint density at radius 1 is 1.00 bits per heavy atom. The summed E-state index contributed by atoms with van der Waals surface area (Å²) < 4.78 is 16.3. The number of fused-ring (bicyclic) bond motifs is 1. The third-order valence-electron chi connectivity index (χ3n) is 7.24. The molecule has 4 rings (SSSR count). The fraction of sp³-hybridized carbons (Fsp3) is 0.500. The van der Waals surface area contributed by atoms with Crippen LogP contribution in [0, 0.1) is 5.92 Å². The van der Waals surface area contributed by atoms with Gasteiger partial charge in [0.25, 0.3) is 0 Å². The summed E-state index contributed by atoms with van der Waals surface area (Å²) in [5, 5.41) is 0. The first kappa shape index (κ1) is 21.5. The molecule has 2 aromatic rings. The summed E-state index contributed by atoms with van der Waals surface area (Å²) in [6, 6.07) is 11.0. The molecule has 1 saturated carbocycles. The topological polar surface area (TPSA) is 48.0 Å². The van der Waals surface area contributed by atoms with Crippen molar-refractivity contribution in [2.24, 2.45) is 5.92 Å². The van der Waals surface area contributed by atoms with Crippen LogP contribution >= 0.6 is 0 Å². The van der Waals surface area contributed by atoms with Crippen molar-refractivity contribution in [1.82, 2.24) is 0 Å². The van der Waals surface area contributed by atoms with E-state index in [4.69, 9.17) is 14.2 Å². The van der Waals surface area contributed by atoms with Gasteiger partial charge in [-0.05, 0) is 67.3 Å². The van der Waals surface area contributed by atoms with E-state index in [1.807, 2.05) is 0 Å². The van der Waals surface area contributed by atoms with Crippen molar-refractivity contribution in [2.75, 3.05) is 33.3 Å². The number of ketones is 1. The van der Waals surface area contributed by atoms with E-state index >= 15 is 0 Å². The molecule has 166 valence electrons. The minimum atomic E-state index is -0.00873. The molecular formula is C26H33NO4. The first-order chi connectivity index (χ1) is 15.0. The second-order valence-electron chi connectivity index (χ2n) is 8.67. The van der Waals surface area contributed by atoms with E-state index in [-0.39, 0.29) is 17.6 Å². The van der Waals surface area contributed by atoms with Crippen LogP contribution in [-0.2, 0) is 6.42 Å². The van der Waals surface area contributed by atoms with Crippen LogP contribution in [0.25, 0.3) is 0 Å². The number of ether oxygens (including phenoxy) is 3. The quantitative estimate of drug-likeness (QED) is 0.569. The molecule has 31 heavy (non-hydrogen) atoms. The Balaban J connectivity index is 1.59. The number of benzene rings is 2. The Hall–Kier alpha value is -2.69. The van der Waals surface area contributed by atoms with E-state index in [0.29, 0.717) is 28.9 Å². The number of Topliss-reactive ketones (excluding diaryl/α,β-unsaturated/α-hetero) is 1. The minimum Gasteiger partial charge on any atom is -0.493 e. The number of anilines is 1. The largest absolute Gasteiger partial charge is 0.493 e. The van der Waals surface area contributed by atoms with Gasteiger partial charge in [-0.1, -0.05) is 19.1 Å². The van der Waals surface area contributed by atoms with Gasteiger partial charge in [0.2, 0.25) is 5.75 Å². The van der Waals surface area contributed by atoms with Crippen molar-refractivity contribution in [3.8, 4) is 17.2 Å². The lowest BCUT2D eigenvalue weighted by molar-refractivity contribution is 0.0818. The zero-order chi connectivity index (χ0) is 22.1. The molecule has 0 amide bonds. The summed E-state index contributed by atoms with van der Waals surface area (Å²) in [6.07, 6.45) is 5.44. The van der Waals surface area contributed by atoms with Crippen LogP contribution in [0.2, 0.25) is 0 Å². The van der Waals surface area contributed by atoms with E-state index in [1.165, 1.54) is 29.7 Å². The first-order valence-corrected chi connectivity index (χ1v) is 11.2. The zero-order valence-electron chi connectivity index (χ0n) is 19.2. The lowest BCUT2D eigenvalue weighted by atomic mass is 9.66. The molecule has 0 radical (unpaired) electrons. The van der Waals surface area contributed by atoms with Crippen LogP contribution in [0.1, 0.15) is 60.0 Å². The van der Waals surface area contributed by atoms with E-state index in [0.717, 1.165) is 19.3 Å². The molecule has 1 heterocycles. The molecule has 0 saturated heterocycles. The maximum Gasteiger partial charge on any atom is 0.203 e. The SMILES string of the molecule is CCC1CCc2cc(C3CCC3C(=O)c3cc(OC)c(OC)c(OC)c3)ccc2N1C. The number of aryl methyl sites for hydroxylation is 1. The third-order valence-corrected chi connectivity index (χ3v) is 7.24. The van der Waals surface area contributed by atoms with Gasteiger partial charge in [0, 0.05) is 30.3 Å². The van der Waals surface area contributed by atoms with Gasteiger partial charge >= 0.3 is 0 Å². The normalized spacial score (nSPS) is 22.4. The molecule has 1 aliphatic carbocycles. The van der Waals surface area contributed by atoms with Gasteiger partial charge in [0.15, 0.2) is 17.3 Å². The Morgan fingerprint density at radius 2 is 1.71 bits per heavy atom. The van der Waals surface area contributed by atoms with Crippen molar-refractivity contribution in [2.45, 2.75) is 51.0 Å². The van der Waals surface area contributed by atoms with Crippen molar-refractivity contribution in [3.63, 3.8) is 0 Å². The fourth-order valence-electron chi connectivity index (χ4n) is 5.22. The molecular weight excluding hydrogens is 390 g/mol. The first-order valence-electron chi connectivity index (χ1n) is 11.2. The monoisotopic (exact) mass is 423 g/mol. The fourth-order valence-corrected chi connectivity index (χ4v) is 5.22. The average molecular weight is 424 g/mol. The lowest BCUT2D eigenvalue weighted by Gasteiger charge is -2.39. The highest BCUT2D eigenvalue weighted by Gasteiger charge is 2.39. The molecule has 0 spiro atoms. The highest BCUT2D eigenvalue weighted by atomic mass is 16.5. The average Bonchev–Trinajstić information content (AvgIpc) is 2.77. The van der Waals surface area contributed by atoms with Gasteiger partial charge < -0.3 is 19.1 Å². The van der Waals surface area contributed by atoms with E-state index in [1.54, 1.807) is 33.5 Å². The molecule has 1 aliphatic heterocycles. The smallest absolute Gasteiger partial charge is 0.203 e. The minimum absolute atomic E-state index is 0.00873.